The quantitative estimate of drug-likeness (QED) is 0.378. The number of fused-ring (bicyclic) bond motifs is 1. The molecule has 13 heteroatoms. The molecule has 36 heavy (non-hydrogen) atoms. The zero-order valence-electron chi connectivity index (χ0n) is 20.3. The van der Waals surface area contributed by atoms with Gasteiger partial charge in [-0.15, -0.1) is 5.10 Å². The lowest BCUT2D eigenvalue weighted by Crippen LogP contribution is -2.33. The highest BCUT2D eigenvalue weighted by molar-refractivity contribution is 5.74. The fourth-order valence-electron chi connectivity index (χ4n) is 4.49. The molecule has 0 amide bonds. The summed E-state index contributed by atoms with van der Waals surface area (Å²) in [6, 6.07) is 4.42. The van der Waals surface area contributed by atoms with Gasteiger partial charge in [0.25, 0.3) is 0 Å². The molecule has 1 fully saturated rings. The Bertz CT molecular complexity index is 1480. The number of tetrazole rings is 1. The van der Waals surface area contributed by atoms with Crippen molar-refractivity contribution in [1.29, 1.82) is 0 Å². The number of imidazole rings is 1. The van der Waals surface area contributed by atoms with E-state index in [1.807, 2.05) is 31.6 Å². The van der Waals surface area contributed by atoms with Gasteiger partial charge in [0.05, 0.1) is 17.6 Å². The molecule has 5 aromatic heterocycles. The third-order valence-corrected chi connectivity index (χ3v) is 6.51. The highest BCUT2D eigenvalue weighted by Gasteiger charge is 2.27. The molecule has 0 spiro atoms. The Kier molecular flexibility index (Phi) is 5.51. The summed E-state index contributed by atoms with van der Waals surface area (Å²) in [6.07, 6.45) is 9.01. The van der Waals surface area contributed by atoms with Gasteiger partial charge in [-0.3, -0.25) is 4.40 Å². The Morgan fingerprint density at radius 3 is 2.64 bits per heavy atom. The van der Waals surface area contributed by atoms with Crippen molar-refractivity contribution in [2.45, 2.75) is 45.4 Å². The monoisotopic (exact) mass is 486 g/mol. The highest BCUT2D eigenvalue weighted by atomic mass is 16.5. The van der Waals surface area contributed by atoms with Crippen LogP contribution in [-0.2, 0) is 0 Å². The maximum atomic E-state index is 5.48. The van der Waals surface area contributed by atoms with E-state index in [9.17, 15) is 0 Å². The van der Waals surface area contributed by atoms with Gasteiger partial charge >= 0.3 is 6.01 Å². The first kappa shape index (κ1) is 22.1. The van der Waals surface area contributed by atoms with Crippen LogP contribution in [0.5, 0.6) is 0 Å². The molecule has 6 rings (SSSR count). The summed E-state index contributed by atoms with van der Waals surface area (Å²) >= 11 is 0. The predicted octanol–water partition coefficient (Wildman–Crippen LogP) is 3.04. The molecule has 184 valence electrons. The summed E-state index contributed by atoms with van der Waals surface area (Å²) in [5.41, 5.74) is 4.46. The van der Waals surface area contributed by atoms with Crippen LogP contribution in [0, 0.1) is 6.92 Å². The number of nitrogens with one attached hydrogen (secondary N) is 1. The fourth-order valence-corrected chi connectivity index (χ4v) is 4.49. The van der Waals surface area contributed by atoms with Crippen molar-refractivity contribution >= 4 is 23.0 Å². The Balaban J connectivity index is 1.19. The van der Waals surface area contributed by atoms with Gasteiger partial charge in [-0.2, -0.15) is 9.67 Å². The van der Waals surface area contributed by atoms with E-state index in [-0.39, 0.29) is 5.92 Å². The molecule has 0 radical (unpaired) electrons. The predicted molar refractivity (Wildman–Crippen MR) is 131 cm³/mol. The molecule has 0 aromatic carbocycles. The maximum Gasteiger partial charge on any atom is 0.324 e. The zero-order valence-corrected chi connectivity index (χ0v) is 20.3. The number of hydrogen-bond acceptors (Lipinski definition) is 11. The van der Waals surface area contributed by atoms with E-state index in [2.05, 4.69) is 64.1 Å². The lowest BCUT2D eigenvalue weighted by atomic mass is 9.94. The Morgan fingerprint density at radius 1 is 1.06 bits per heavy atom. The SMILES string of the molecule is Cc1nc(-n2cnnn2)ccc1Nc1cncn2c(C3CCN(c4nc(C(C)C)no4)CC3)cnc12. The molecule has 1 aliphatic heterocycles. The number of aryl methyl sites for hydroxylation is 1. The topological polar surface area (TPSA) is 141 Å². The van der Waals surface area contributed by atoms with Gasteiger partial charge < -0.3 is 14.7 Å². The van der Waals surface area contributed by atoms with Gasteiger partial charge in [0, 0.05) is 36.8 Å². The average molecular weight is 487 g/mol. The van der Waals surface area contributed by atoms with E-state index in [0.29, 0.717) is 17.8 Å². The summed E-state index contributed by atoms with van der Waals surface area (Å²) in [6.45, 7) is 7.75. The molecule has 0 saturated carbocycles. The average Bonchev–Trinajstić information content (AvgIpc) is 3.66. The molecule has 13 nitrogen and oxygen atoms in total. The summed E-state index contributed by atoms with van der Waals surface area (Å²) < 4.78 is 9.08. The molecular weight excluding hydrogens is 460 g/mol. The minimum absolute atomic E-state index is 0.247. The van der Waals surface area contributed by atoms with Crippen molar-refractivity contribution in [1.82, 2.24) is 49.7 Å². The first-order valence-corrected chi connectivity index (χ1v) is 11.9. The minimum atomic E-state index is 0.247. The lowest BCUT2D eigenvalue weighted by Gasteiger charge is -2.30. The van der Waals surface area contributed by atoms with Gasteiger partial charge in [-0.25, -0.2) is 15.0 Å². The molecule has 0 atom stereocenters. The summed E-state index contributed by atoms with van der Waals surface area (Å²) in [5.74, 6) is 2.00. The van der Waals surface area contributed by atoms with Crippen LogP contribution in [0.1, 0.15) is 55.7 Å². The van der Waals surface area contributed by atoms with Gasteiger partial charge in [-0.1, -0.05) is 19.0 Å². The zero-order chi connectivity index (χ0) is 24.6. The minimum Gasteiger partial charge on any atom is -0.350 e. The van der Waals surface area contributed by atoms with E-state index < -0.39 is 0 Å². The number of nitrogens with zero attached hydrogens (tertiary/aromatic N) is 11. The van der Waals surface area contributed by atoms with Gasteiger partial charge in [0.1, 0.15) is 18.3 Å². The van der Waals surface area contributed by atoms with Crippen LogP contribution >= 0.6 is 0 Å². The smallest absolute Gasteiger partial charge is 0.324 e. The number of piperidine rings is 1. The summed E-state index contributed by atoms with van der Waals surface area (Å²) in [4.78, 5) is 20.5. The summed E-state index contributed by atoms with van der Waals surface area (Å²) in [5, 5.41) is 18.8. The van der Waals surface area contributed by atoms with Crippen LogP contribution in [0.25, 0.3) is 11.5 Å². The molecule has 6 heterocycles. The first-order chi connectivity index (χ1) is 17.6. The van der Waals surface area contributed by atoms with E-state index in [1.54, 1.807) is 6.20 Å². The molecule has 1 saturated heterocycles. The Hall–Kier alpha value is -4.42. The maximum absolute atomic E-state index is 5.48. The van der Waals surface area contributed by atoms with E-state index >= 15 is 0 Å². The Labute approximate surface area is 206 Å². The molecule has 0 bridgehead atoms. The second-order valence-electron chi connectivity index (χ2n) is 9.22. The van der Waals surface area contributed by atoms with E-state index in [4.69, 9.17) is 9.51 Å². The molecule has 0 aliphatic carbocycles. The van der Waals surface area contributed by atoms with Crippen molar-refractivity contribution in [2.24, 2.45) is 0 Å². The third-order valence-electron chi connectivity index (χ3n) is 6.51. The molecule has 1 N–H and O–H groups in total. The Morgan fingerprint density at radius 2 is 1.92 bits per heavy atom. The van der Waals surface area contributed by atoms with Gasteiger partial charge in [-0.05, 0) is 42.3 Å². The lowest BCUT2D eigenvalue weighted by molar-refractivity contribution is 0.386. The molecule has 1 aliphatic rings. The van der Waals surface area contributed by atoms with Crippen molar-refractivity contribution in [3.05, 3.63) is 54.4 Å². The van der Waals surface area contributed by atoms with Crippen LogP contribution in [0.15, 0.2) is 41.7 Å². The second-order valence-corrected chi connectivity index (χ2v) is 9.22. The van der Waals surface area contributed by atoms with Crippen LogP contribution in [0.3, 0.4) is 0 Å². The normalized spacial score (nSPS) is 14.7. The van der Waals surface area contributed by atoms with Crippen molar-refractivity contribution in [3.63, 3.8) is 0 Å². The third kappa shape index (κ3) is 4.01. The van der Waals surface area contributed by atoms with Crippen LogP contribution in [0.2, 0.25) is 0 Å². The molecule has 0 unspecified atom stereocenters. The number of hydrogen-bond donors (Lipinski definition) is 1. The first-order valence-electron chi connectivity index (χ1n) is 11.9. The van der Waals surface area contributed by atoms with Crippen LogP contribution in [-0.4, -0.2) is 62.8 Å². The number of rotatable bonds is 6. The molecular formula is C23H26N12O. The van der Waals surface area contributed by atoms with Crippen molar-refractivity contribution in [2.75, 3.05) is 23.3 Å². The van der Waals surface area contributed by atoms with Gasteiger partial charge in [0.15, 0.2) is 17.3 Å². The molecule has 5 aromatic rings. The van der Waals surface area contributed by atoms with Gasteiger partial charge in [0.2, 0.25) is 0 Å². The fraction of sp³-hybridized carbons (Fsp3) is 0.391. The number of anilines is 3. The summed E-state index contributed by atoms with van der Waals surface area (Å²) in [7, 11) is 0. The van der Waals surface area contributed by atoms with Crippen molar-refractivity contribution < 1.29 is 4.52 Å². The van der Waals surface area contributed by atoms with Crippen molar-refractivity contribution in [3.8, 4) is 5.82 Å². The second kappa shape index (κ2) is 8.98. The standard InChI is InChI=1S/C23H26N12O/c1-14(2)21-29-23(36-30-21)33-8-6-16(7-9-33)19-11-25-22-18(10-24-12-34(19)22)28-17-4-5-20(27-15(17)3)35-13-26-31-32-35/h4-5,10-14,16,28H,6-9H2,1-3H3. The number of pyridine rings is 1. The van der Waals surface area contributed by atoms with Crippen LogP contribution < -0.4 is 10.2 Å². The van der Waals surface area contributed by atoms with E-state index in [1.165, 1.54) is 11.0 Å². The number of aromatic nitrogens is 10. The largest absolute Gasteiger partial charge is 0.350 e. The highest BCUT2D eigenvalue weighted by Crippen LogP contribution is 2.32. The van der Waals surface area contributed by atoms with E-state index in [0.717, 1.165) is 60.2 Å². The van der Waals surface area contributed by atoms with Crippen LogP contribution in [0.4, 0.5) is 17.4 Å².